The Hall–Kier alpha value is -0.990. The van der Waals surface area contributed by atoms with Gasteiger partial charge in [0.1, 0.15) is 16.9 Å². The van der Waals surface area contributed by atoms with Gasteiger partial charge in [-0.05, 0) is 36.1 Å². The minimum absolute atomic E-state index is 0.458. The zero-order valence-corrected chi connectivity index (χ0v) is 13.8. The van der Waals surface area contributed by atoms with E-state index in [0.717, 1.165) is 4.47 Å². The first-order valence-corrected chi connectivity index (χ1v) is 9.44. The van der Waals surface area contributed by atoms with Gasteiger partial charge in [-0.2, -0.15) is 0 Å². The van der Waals surface area contributed by atoms with Gasteiger partial charge in [0.05, 0.1) is 0 Å². The fourth-order valence-corrected chi connectivity index (χ4v) is 5.13. The fourth-order valence-electron chi connectivity index (χ4n) is 2.54. The summed E-state index contributed by atoms with van der Waals surface area (Å²) in [4.78, 5) is 0. The third kappa shape index (κ3) is 3.36. The van der Waals surface area contributed by atoms with E-state index in [4.69, 9.17) is 0 Å². The molecule has 1 heterocycles. The maximum Gasteiger partial charge on any atom is 0.127 e. The van der Waals surface area contributed by atoms with Gasteiger partial charge in [0.15, 0.2) is 0 Å². The predicted octanol–water partition coefficient (Wildman–Crippen LogP) is 5.25. The Morgan fingerprint density at radius 2 is 1.60 bits per heavy atom. The Balaban J connectivity index is 2.03. The highest BCUT2D eigenvalue weighted by molar-refractivity contribution is 9.10. The first-order valence-electron chi connectivity index (χ1n) is 7.02. The molecule has 0 N–H and O–H groups in total. The van der Waals surface area contributed by atoms with Gasteiger partial charge in [-0.15, -0.1) is 0 Å². The molecule has 1 aliphatic heterocycles. The van der Waals surface area contributed by atoms with E-state index in [1.807, 2.05) is 0 Å². The van der Waals surface area contributed by atoms with Gasteiger partial charge in [0.2, 0.25) is 0 Å². The van der Waals surface area contributed by atoms with Crippen molar-refractivity contribution in [2.45, 2.75) is 12.8 Å². The molecule has 1 saturated heterocycles. The van der Waals surface area contributed by atoms with E-state index in [-0.39, 0.29) is 0 Å². The molecule has 20 heavy (non-hydrogen) atoms. The van der Waals surface area contributed by atoms with Gasteiger partial charge in [0, 0.05) is 20.9 Å². The number of rotatable bonds is 3. The smallest absolute Gasteiger partial charge is 0.0622 e. The second-order valence-electron chi connectivity index (χ2n) is 5.06. The van der Waals surface area contributed by atoms with E-state index in [9.17, 15) is 0 Å². The lowest BCUT2D eigenvalue weighted by Crippen LogP contribution is -2.00. The summed E-state index contributed by atoms with van der Waals surface area (Å²) in [5.74, 6) is 2.73. The highest BCUT2D eigenvalue weighted by Gasteiger charge is 2.23. The zero-order valence-electron chi connectivity index (χ0n) is 11.4. The summed E-state index contributed by atoms with van der Waals surface area (Å²) in [5.41, 5.74) is 4.02. The summed E-state index contributed by atoms with van der Waals surface area (Å²) in [6.45, 7) is 0. The van der Waals surface area contributed by atoms with Gasteiger partial charge in [-0.3, -0.25) is 0 Å². The van der Waals surface area contributed by atoms with Crippen LogP contribution in [0.5, 0.6) is 0 Å². The molecule has 2 aromatic rings. The van der Waals surface area contributed by atoms with Gasteiger partial charge >= 0.3 is 0 Å². The molecule has 0 spiro atoms. The van der Waals surface area contributed by atoms with Crippen molar-refractivity contribution >= 4 is 32.4 Å². The molecule has 1 fully saturated rings. The molecule has 1 aliphatic rings. The maximum atomic E-state index is 3.59. The largest absolute Gasteiger partial charge is 0.127 e. The molecule has 0 aliphatic carbocycles. The Labute approximate surface area is 132 Å². The van der Waals surface area contributed by atoms with Crippen LogP contribution in [0.15, 0.2) is 64.5 Å². The Kier molecular flexibility index (Phi) is 4.64. The third-order valence-electron chi connectivity index (χ3n) is 3.57. The van der Waals surface area contributed by atoms with Crippen molar-refractivity contribution in [3.05, 3.63) is 75.6 Å². The lowest BCUT2D eigenvalue weighted by Gasteiger charge is -2.08. The molecule has 0 atom stereocenters. The van der Waals surface area contributed by atoms with Crippen molar-refractivity contribution in [2.24, 2.45) is 0 Å². The van der Waals surface area contributed by atoms with E-state index < -0.39 is 0 Å². The third-order valence-corrected chi connectivity index (χ3v) is 6.26. The Morgan fingerprint density at radius 1 is 0.900 bits per heavy atom. The lowest BCUT2D eigenvalue weighted by atomic mass is 10.00. The van der Waals surface area contributed by atoms with E-state index in [1.54, 1.807) is 0 Å². The van der Waals surface area contributed by atoms with Crippen molar-refractivity contribution in [1.29, 1.82) is 0 Å². The summed E-state index contributed by atoms with van der Waals surface area (Å²) in [5, 5.41) is 2.52. The molecule has 0 radical (unpaired) electrons. The van der Waals surface area contributed by atoms with Crippen LogP contribution < -0.4 is 0 Å². The van der Waals surface area contributed by atoms with Gasteiger partial charge < -0.3 is 0 Å². The van der Waals surface area contributed by atoms with Crippen LogP contribution in [-0.4, -0.2) is 11.5 Å². The standard InChI is InChI=1S/C18H18BrS/c19-17-10-6-9-16(13-17)18(14-20-11-4-5-12-20)15-7-2-1-3-8-15/h1-3,6-10,13-14H,4-5,11-12H2/q+1. The molecule has 3 rings (SSSR count). The molecular weight excluding hydrogens is 328 g/mol. The van der Waals surface area contributed by atoms with Gasteiger partial charge in [-0.1, -0.05) is 58.4 Å². The van der Waals surface area contributed by atoms with E-state index in [1.165, 1.54) is 41.0 Å². The first kappa shape index (κ1) is 14.0. The minimum atomic E-state index is 0.458. The second-order valence-corrected chi connectivity index (χ2v) is 8.10. The summed E-state index contributed by atoms with van der Waals surface area (Å²) in [6, 6.07) is 19.4. The summed E-state index contributed by atoms with van der Waals surface area (Å²) >= 11 is 3.59. The molecule has 2 aromatic carbocycles. The van der Waals surface area contributed by atoms with E-state index in [2.05, 4.69) is 75.9 Å². The van der Waals surface area contributed by atoms with Crippen LogP contribution in [0.25, 0.3) is 5.57 Å². The topological polar surface area (TPSA) is 0 Å². The number of benzene rings is 2. The number of hydrogen-bond donors (Lipinski definition) is 0. The number of hydrogen-bond acceptors (Lipinski definition) is 0. The molecular formula is C18H18BrS+. The number of halogens is 1. The Bertz CT molecular complexity index is 598. The zero-order chi connectivity index (χ0) is 13.8. The summed E-state index contributed by atoms with van der Waals surface area (Å²) < 4.78 is 1.14. The average Bonchev–Trinajstić information content (AvgIpc) is 2.99. The Morgan fingerprint density at radius 3 is 2.30 bits per heavy atom. The highest BCUT2D eigenvalue weighted by atomic mass is 79.9. The van der Waals surface area contributed by atoms with Crippen LogP contribution in [0.2, 0.25) is 0 Å². The van der Waals surface area contributed by atoms with Gasteiger partial charge in [-0.25, -0.2) is 0 Å². The van der Waals surface area contributed by atoms with Crippen molar-refractivity contribution < 1.29 is 0 Å². The maximum absolute atomic E-state index is 3.59. The van der Waals surface area contributed by atoms with Crippen LogP contribution in [0.4, 0.5) is 0 Å². The quantitative estimate of drug-likeness (QED) is 0.666. The van der Waals surface area contributed by atoms with Crippen LogP contribution >= 0.6 is 15.9 Å². The molecule has 0 nitrogen and oxygen atoms in total. The lowest BCUT2D eigenvalue weighted by molar-refractivity contribution is 0.949. The monoisotopic (exact) mass is 345 g/mol. The first-order chi connectivity index (χ1) is 9.83. The predicted molar refractivity (Wildman–Crippen MR) is 94.0 cm³/mol. The minimum Gasteiger partial charge on any atom is -0.0622 e. The summed E-state index contributed by atoms with van der Waals surface area (Å²) in [6.07, 6.45) is 2.78. The van der Waals surface area contributed by atoms with Gasteiger partial charge in [0.25, 0.3) is 0 Å². The molecule has 0 unspecified atom stereocenters. The van der Waals surface area contributed by atoms with E-state index in [0.29, 0.717) is 10.9 Å². The normalized spacial score (nSPS) is 16.6. The summed E-state index contributed by atoms with van der Waals surface area (Å²) in [7, 11) is 0.458. The SMILES string of the molecule is Brc1cccc(C(=C[S+]2CCCC2)c2ccccc2)c1. The second kappa shape index (κ2) is 6.64. The van der Waals surface area contributed by atoms with Crippen molar-refractivity contribution in [3.63, 3.8) is 0 Å². The van der Waals surface area contributed by atoms with Crippen LogP contribution in [0.1, 0.15) is 24.0 Å². The molecule has 2 heteroatoms. The molecule has 102 valence electrons. The van der Waals surface area contributed by atoms with E-state index >= 15 is 0 Å². The molecule has 0 amide bonds. The van der Waals surface area contributed by atoms with Crippen LogP contribution in [0.3, 0.4) is 0 Å². The van der Waals surface area contributed by atoms with Crippen molar-refractivity contribution in [2.75, 3.05) is 11.5 Å². The van der Waals surface area contributed by atoms with Crippen LogP contribution in [0, 0.1) is 0 Å². The average molecular weight is 346 g/mol. The molecule has 0 saturated carbocycles. The highest BCUT2D eigenvalue weighted by Crippen LogP contribution is 2.29. The fraction of sp³-hybridized carbons (Fsp3) is 0.222. The van der Waals surface area contributed by atoms with Crippen molar-refractivity contribution in [1.82, 2.24) is 0 Å². The van der Waals surface area contributed by atoms with Crippen molar-refractivity contribution in [3.8, 4) is 0 Å². The molecule has 0 aromatic heterocycles. The molecule has 0 bridgehead atoms. The van der Waals surface area contributed by atoms with Crippen LogP contribution in [-0.2, 0) is 10.9 Å².